The van der Waals surface area contributed by atoms with Crippen molar-refractivity contribution < 1.29 is 5.11 Å². The van der Waals surface area contributed by atoms with Gasteiger partial charge >= 0.3 is 0 Å². The molecule has 0 aliphatic carbocycles. The lowest BCUT2D eigenvalue weighted by atomic mass is 9.88. The Labute approximate surface area is 98.5 Å². The van der Waals surface area contributed by atoms with Gasteiger partial charge in [0.2, 0.25) is 0 Å². The molecule has 0 fully saturated rings. The molecule has 0 aliphatic heterocycles. The molecule has 0 saturated heterocycles. The minimum atomic E-state index is -0.838. The van der Waals surface area contributed by atoms with Crippen LogP contribution in [0.4, 0.5) is 0 Å². The van der Waals surface area contributed by atoms with Crippen LogP contribution in [0.15, 0.2) is 30.3 Å². The molecule has 2 nitrogen and oxygen atoms in total. The smallest absolute Gasteiger partial charge is 0.102 e. The van der Waals surface area contributed by atoms with E-state index in [0.717, 1.165) is 18.4 Å². The molecule has 0 spiro atoms. The van der Waals surface area contributed by atoms with Gasteiger partial charge < -0.3 is 10.8 Å². The van der Waals surface area contributed by atoms with Crippen molar-refractivity contribution in [3.63, 3.8) is 0 Å². The molecule has 1 aromatic carbocycles. The highest BCUT2D eigenvalue weighted by molar-refractivity contribution is 5.22. The summed E-state index contributed by atoms with van der Waals surface area (Å²) in [5.41, 5.74) is 5.80. The van der Waals surface area contributed by atoms with E-state index in [4.69, 9.17) is 5.73 Å². The molecule has 0 amide bonds. The number of hydrogen-bond donors (Lipinski definition) is 2. The van der Waals surface area contributed by atoms with E-state index in [1.165, 1.54) is 19.3 Å². The summed E-state index contributed by atoms with van der Waals surface area (Å²) in [6.07, 6.45) is 5.41. The van der Waals surface area contributed by atoms with E-state index < -0.39 is 5.60 Å². The Morgan fingerprint density at radius 2 is 1.81 bits per heavy atom. The van der Waals surface area contributed by atoms with Gasteiger partial charge in [-0.2, -0.15) is 0 Å². The van der Waals surface area contributed by atoms with Crippen molar-refractivity contribution in [3.05, 3.63) is 35.9 Å². The molecular formula is C14H23NO. The average Bonchev–Trinajstić information content (AvgIpc) is 2.35. The maximum atomic E-state index is 10.5. The zero-order valence-corrected chi connectivity index (χ0v) is 10.2. The van der Waals surface area contributed by atoms with Gasteiger partial charge in [-0.1, -0.05) is 62.9 Å². The first kappa shape index (κ1) is 13.2. The van der Waals surface area contributed by atoms with Crippen LogP contribution in [-0.2, 0) is 5.60 Å². The molecule has 1 rings (SSSR count). The molecule has 3 N–H and O–H groups in total. The number of benzene rings is 1. The third-order valence-electron chi connectivity index (χ3n) is 3.09. The monoisotopic (exact) mass is 221 g/mol. The maximum Gasteiger partial charge on any atom is 0.102 e. The van der Waals surface area contributed by atoms with Gasteiger partial charge in [0.25, 0.3) is 0 Å². The lowest BCUT2D eigenvalue weighted by molar-refractivity contribution is 0.0339. The summed E-state index contributed by atoms with van der Waals surface area (Å²) >= 11 is 0. The molecule has 90 valence electrons. The van der Waals surface area contributed by atoms with Crippen molar-refractivity contribution in [2.45, 2.75) is 44.6 Å². The van der Waals surface area contributed by atoms with Gasteiger partial charge in [0.1, 0.15) is 5.60 Å². The highest BCUT2D eigenvalue weighted by atomic mass is 16.3. The van der Waals surface area contributed by atoms with Crippen molar-refractivity contribution in [2.75, 3.05) is 6.54 Å². The van der Waals surface area contributed by atoms with E-state index in [-0.39, 0.29) is 0 Å². The van der Waals surface area contributed by atoms with Crippen molar-refractivity contribution in [1.29, 1.82) is 0 Å². The minimum absolute atomic E-state index is 0.295. The third kappa shape index (κ3) is 3.62. The van der Waals surface area contributed by atoms with Crippen LogP contribution >= 0.6 is 0 Å². The molecule has 0 radical (unpaired) electrons. The molecule has 0 saturated carbocycles. The van der Waals surface area contributed by atoms with Crippen LogP contribution in [0.2, 0.25) is 0 Å². The second kappa shape index (κ2) is 6.66. The molecule has 2 heteroatoms. The Hall–Kier alpha value is -0.860. The van der Waals surface area contributed by atoms with Crippen molar-refractivity contribution in [2.24, 2.45) is 5.73 Å². The number of unbranched alkanes of at least 4 members (excludes halogenated alkanes) is 3. The van der Waals surface area contributed by atoms with Crippen molar-refractivity contribution in [3.8, 4) is 0 Å². The Kier molecular flexibility index (Phi) is 5.50. The van der Waals surface area contributed by atoms with Crippen LogP contribution in [0.5, 0.6) is 0 Å². The fourth-order valence-electron chi connectivity index (χ4n) is 1.96. The quantitative estimate of drug-likeness (QED) is 0.695. The largest absolute Gasteiger partial charge is 0.384 e. The van der Waals surface area contributed by atoms with Crippen molar-refractivity contribution >= 4 is 0 Å². The molecule has 0 aliphatic rings. The Balaban J connectivity index is 2.56. The van der Waals surface area contributed by atoms with E-state index in [0.29, 0.717) is 6.54 Å². The van der Waals surface area contributed by atoms with Gasteiger partial charge in [-0.25, -0.2) is 0 Å². The molecule has 0 aromatic heterocycles. The maximum absolute atomic E-state index is 10.5. The summed E-state index contributed by atoms with van der Waals surface area (Å²) in [5, 5.41) is 10.5. The lowest BCUT2D eigenvalue weighted by Crippen LogP contribution is -2.34. The predicted octanol–water partition coefficient (Wildman–Crippen LogP) is 2.80. The summed E-state index contributed by atoms with van der Waals surface area (Å²) in [6.45, 7) is 2.48. The Morgan fingerprint density at radius 3 is 2.38 bits per heavy atom. The molecule has 1 atom stereocenters. The molecule has 16 heavy (non-hydrogen) atoms. The molecule has 0 heterocycles. The molecule has 1 unspecified atom stereocenters. The summed E-state index contributed by atoms with van der Waals surface area (Å²) in [4.78, 5) is 0. The second-order valence-electron chi connectivity index (χ2n) is 4.41. The van der Waals surface area contributed by atoms with Crippen molar-refractivity contribution in [1.82, 2.24) is 0 Å². The van der Waals surface area contributed by atoms with E-state index in [1.54, 1.807) is 0 Å². The summed E-state index contributed by atoms with van der Waals surface area (Å²) in [6, 6.07) is 9.75. The Morgan fingerprint density at radius 1 is 1.12 bits per heavy atom. The van der Waals surface area contributed by atoms with Crippen LogP contribution in [0.1, 0.15) is 44.6 Å². The SMILES string of the molecule is CCCCCCC(O)(CN)c1ccccc1. The van der Waals surface area contributed by atoms with E-state index in [2.05, 4.69) is 6.92 Å². The van der Waals surface area contributed by atoms with Crippen LogP contribution in [0.25, 0.3) is 0 Å². The number of hydrogen-bond acceptors (Lipinski definition) is 2. The molecule has 1 aromatic rings. The minimum Gasteiger partial charge on any atom is -0.384 e. The van der Waals surface area contributed by atoms with Crippen LogP contribution in [0, 0.1) is 0 Å². The summed E-state index contributed by atoms with van der Waals surface area (Å²) in [5.74, 6) is 0. The predicted molar refractivity (Wildman–Crippen MR) is 68.2 cm³/mol. The summed E-state index contributed by atoms with van der Waals surface area (Å²) in [7, 11) is 0. The normalized spacial score (nSPS) is 14.7. The number of aliphatic hydroxyl groups is 1. The fraction of sp³-hybridized carbons (Fsp3) is 0.571. The van der Waals surface area contributed by atoms with Gasteiger partial charge in [0.05, 0.1) is 0 Å². The van der Waals surface area contributed by atoms with E-state index in [1.807, 2.05) is 30.3 Å². The first-order valence-corrected chi connectivity index (χ1v) is 6.21. The molecular weight excluding hydrogens is 198 g/mol. The van der Waals surface area contributed by atoms with Crippen LogP contribution in [0.3, 0.4) is 0 Å². The first-order valence-electron chi connectivity index (χ1n) is 6.21. The zero-order chi connectivity index (χ0) is 11.9. The average molecular weight is 221 g/mol. The highest BCUT2D eigenvalue weighted by Crippen LogP contribution is 2.26. The summed E-state index contributed by atoms with van der Waals surface area (Å²) < 4.78 is 0. The second-order valence-corrected chi connectivity index (χ2v) is 4.41. The zero-order valence-electron chi connectivity index (χ0n) is 10.2. The third-order valence-corrected chi connectivity index (χ3v) is 3.09. The topological polar surface area (TPSA) is 46.2 Å². The number of nitrogens with two attached hydrogens (primary N) is 1. The van der Waals surface area contributed by atoms with Gasteiger partial charge in [-0.3, -0.25) is 0 Å². The van der Waals surface area contributed by atoms with Crippen LogP contribution < -0.4 is 5.73 Å². The van der Waals surface area contributed by atoms with Gasteiger partial charge in [-0.15, -0.1) is 0 Å². The first-order chi connectivity index (χ1) is 7.73. The lowest BCUT2D eigenvalue weighted by Gasteiger charge is -2.27. The van der Waals surface area contributed by atoms with E-state index >= 15 is 0 Å². The van der Waals surface area contributed by atoms with Crippen LogP contribution in [-0.4, -0.2) is 11.7 Å². The number of rotatable bonds is 7. The highest BCUT2D eigenvalue weighted by Gasteiger charge is 2.26. The van der Waals surface area contributed by atoms with Gasteiger partial charge in [0.15, 0.2) is 0 Å². The Bertz CT molecular complexity index is 286. The van der Waals surface area contributed by atoms with E-state index in [9.17, 15) is 5.11 Å². The van der Waals surface area contributed by atoms with Gasteiger partial charge in [-0.05, 0) is 12.0 Å². The fourth-order valence-corrected chi connectivity index (χ4v) is 1.96. The van der Waals surface area contributed by atoms with Gasteiger partial charge in [0, 0.05) is 6.54 Å². The standard InChI is InChI=1S/C14H23NO/c1-2-3-4-8-11-14(16,12-15)13-9-6-5-7-10-13/h5-7,9-10,16H,2-4,8,11-12,15H2,1H3. The molecule has 0 bridgehead atoms.